The van der Waals surface area contributed by atoms with Crippen LogP contribution >= 0.6 is 0 Å². The monoisotopic (exact) mass is 373 g/mol. The van der Waals surface area contributed by atoms with Crippen LogP contribution in [0.1, 0.15) is 11.1 Å². The molecule has 0 spiro atoms. The Bertz CT molecular complexity index is 918. The second-order valence-corrected chi connectivity index (χ2v) is 7.43. The number of nitrogens with zero attached hydrogens (tertiary/aromatic N) is 2. The predicted molar refractivity (Wildman–Crippen MR) is 98.2 cm³/mol. The molecule has 2 aromatic carbocycles. The summed E-state index contributed by atoms with van der Waals surface area (Å²) in [5.41, 5.74) is 1.21. The highest BCUT2D eigenvalue weighted by Crippen LogP contribution is 2.21. The normalized spacial score (nSPS) is 10.7. The zero-order chi connectivity index (χ0) is 19.2. The summed E-state index contributed by atoms with van der Waals surface area (Å²) in [5, 5.41) is 11.9. The first-order chi connectivity index (χ1) is 12.3. The minimum Gasteiger partial charge on any atom is -0.497 e. The van der Waals surface area contributed by atoms with Crippen LogP contribution < -0.4 is 14.4 Å². The SMILES string of the molecule is COc1ccc(CNC(=O)CN(c2ccccc2C#N)S(C)(=O)=O)cc1. The van der Waals surface area contributed by atoms with Gasteiger partial charge in [-0.05, 0) is 29.8 Å². The lowest BCUT2D eigenvalue weighted by Crippen LogP contribution is -2.40. The van der Waals surface area contributed by atoms with E-state index in [1.54, 1.807) is 43.5 Å². The van der Waals surface area contributed by atoms with Gasteiger partial charge in [-0.25, -0.2) is 8.42 Å². The molecule has 0 radical (unpaired) electrons. The van der Waals surface area contributed by atoms with Crippen molar-refractivity contribution in [1.82, 2.24) is 5.32 Å². The van der Waals surface area contributed by atoms with Gasteiger partial charge in [0.05, 0.1) is 24.6 Å². The van der Waals surface area contributed by atoms with Crippen LogP contribution in [0.2, 0.25) is 0 Å². The first kappa shape index (κ1) is 19.3. The molecule has 8 heteroatoms. The molecule has 0 aliphatic rings. The third kappa shape index (κ3) is 4.97. The molecule has 0 aliphatic heterocycles. The predicted octanol–water partition coefficient (Wildman–Crippen LogP) is 1.65. The van der Waals surface area contributed by atoms with Crippen molar-refractivity contribution in [2.45, 2.75) is 6.54 Å². The fraction of sp³-hybridized carbons (Fsp3) is 0.222. The van der Waals surface area contributed by atoms with E-state index in [0.717, 1.165) is 16.1 Å². The van der Waals surface area contributed by atoms with Crippen LogP contribution in [0.4, 0.5) is 5.69 Å². The number of nitriles is 1. The van der Waals surface area contributed by atoms with Gasteiger partial charge < -0.3 is 10.1 Å². The molecule has 1 amide bonds. The van der Waals surface area contributed by atoms with E-state index in [2.05, 4.69) is 5.32 Å². The van der Waals surface area contributed by atoms with Crippen molar-refractivity contribution in [3.05, 3.63) is 59.7 Å². The Labute approximate surface area is 152 Å². The zero-order valence-electron chi connectivity index (χ0n) is 14.5. The number of para-hydroxylation sites is 1. The van der Waals surface area contributed by atoms with Crippen molar-refractivity contribution in [3.8, 4) is 11.8 Å². The quantitative estimate of drug-likeness (QED) is 0.795. The highest BCUT2D eigenvalue weighted by atomic mass is 32.2. The Morgan fingerprint density at radius 2 is 1.85 bits per heavy atom. The van der Waals surface area contributed by atoms with Gasteiger partial charge >= 0.3 is 0 Å². The van der Waals surface area contributed by atoms with Crippen LogP contribution in [-0.4, -0.2) is 34.2 Å². The average Bonchev–Trinajstić information content (AvgIpc) is 2.64. The molecule has 0 saturated carbocycles. The average molecular weight is 373 g/mol. The van der Waals surface area contributed by atoms with Gasteiger partial charge in [-0.3, -0.25) is 9.10 Å². The standard InChI is InChI=1S/C18H19N3O4S/c1-25-16-9-7-14(8-10-16)12-20-18(22)13-21(26(2,23)24)17-6-4-3-5-15(17)11-19/h3-10H,12-13H2,1-2H3,(H,20,22). The lowest BCUT2D eigenvalue weighted by Gasteiger charge is -2.22. The molecule has 0 atom stereocenters. The number of methoxy groups -OCH3 is 1. The van der Waals surface area contributed by atoms with Crippen LogP contribution in [0.5, 0.6) is 5.75 Å². The second-order valence-electron chi connectivity index (χ2n) is 5.52. The van der Waals surface area contributed by atoms with Crippen molar-refractivity contribution in [1.29, 1.82) is 5.26 Å². The van der Waals surface area contributed by atoms with Crippen molar-refractivity contribution >= 4 is 21.6 Å². The molecular formula is C18H19N3O4S. The fourth-order valence-corrected chi connectivity index (χ4v) is 3.17. The van der Waals surface area contributed by atoms with E-state index in [1.807, 2.05) is 6.07 Å². The maximum atomic E-state index is 12.2. The molecule has 2 aromatic rings. The van der Waals surface area contributed by atoms with Gasteiger partial charge in [0, 0.05) is 6.54 Å². The summed E-state index contributed by atoms with van der Waals surface area (Å²) in [5.74, 6) is 0.232. The Morgan fingerprint density at radius 3 is 2.42 bits per heavy atom. The summed E-state index contributed by atoms with van der Waals surface area (Å²) < 4.78 is 30.2. The van der Waals surface area contributed by atoms with Gasteiger partial charge in [-0.1, -0.05) is 24.3 Å². The fourth-order valence-electron chi connectivity index (χ4n) is 2.30. The summed E-state index contributed by atoms with van der Waals surface area (Å²) in [6, 6.07) is 15.3. The van der Waals surface area contributed by atoms with Crippen LogP contribution in [-0.2, 0) is 21.4 Å². The number of carbonyl (C=O) groups is 1. The number of ether oxygens (including phenoxy) is 1. The molecule has 0 heterocycles. The minimum absolute atomic E-state index is 0.178. The molecule has 26 heavy (non-hydrogen) atoms. The molecule has 1 N–H and O–H groups in total. The molecular weight excluding hydrogens is 354 g/mol. The van der Waals surface area contributed by atoms with Gasteiger partial charge in [0.25, 0.3) is 0 Å². The molecule has 2 rings (SSSR count). The number of amides is 1. The third-order valence-corrected chi connectivity index (χ3v) is 4.76. The summed E-state index contributed by atoms with van der Waals surface area (Å²) in [6.45, 7) is -0.159. The molecule has 0 saturated heterocycles. The molecule has 0 unspecified atom stereocenters. The smallest absolute Gasteiger partial charge is 0.241 e. The number of sulfonamides is 1. The van der Waals surface area contributed by atoms with Gasteiger partial charge in [0.2, 0.25) is 15.9 Å². The van der Waals surface area contributed by atoms with E-state index < -0.39 is 22.5 Å². The van der Waals surface area contributed by atoms with Crippen molar-refractivity contribution in [3.63, 3.8) is 0 Å². The number of rotatable bonds is 7. The second kappa shape index (κ2) is 8.36. The number of hydrogen-bond acceptors (Lipinski definition) is 5. The third-order valence-electron chi connectivity index (χ3n) is 3.63. The van der Waals surface area contributed by atoms with Gasteiger partial charge in [0.15, 0.2) is 0 Å². The molecule has 136 valence electrons. The van der Waals surface area contributed by atoms with E-state index in [4.69, 9.17) is 4.74 Å². The number of hydrogen-bond donors (Lipinski definition) is 1. The molecule has 7 nitrogen and oxygen atoms in total. The molecule has 0 fully saturated rings. The minimum atomic E-state index is -3.73. The van der Waals surface area contributed by atoms with E-state index in [-0.39, 0.29) is 17.8 Å². The van der Waals surface area contributed by atoms with E-state index in [9.17, 15) is 18.5 Å². The lowest BCUT2D eigenvalue weighted by molar-refractivity contribution is -0.119. The first-order valence-corrected chi connectivity index (χ1v) is 9.56. The van der Waals surface area contributed by atoms with Crippen molar-refractivity contribution in [2.24, 2.45) is 0 Å². The molecule has 0 bridgehead atoms. The zero-order valence-corrected chi connectivity index (χ0v) is 15.3. The van der Waals surface area contributed by atoms with Gasteiger partial charge in [-0.2, -0.15) is 5.26 Å². The number of anilines is 1. The van der Waals surface area contributed by atoms with Crippen molar-refractivity contribution in [2.75, 3.05) is 24.2 Å². The highest BCUT2D eigenvalue weighted by molar-refractivity contribution is 7.92. The van der Waals surface area contributed by atoms with E-state index in [1.165, 1.54) is 12.1 Å². The highest BCUT2D eigenvalue weighted by Gasteiger charge is 2.23. The van der Waals surface area contributed by atoms with E-state index in [0.29, 0.717) is 5.75 Å². The van der Waals surface area contributed by atoms with Crippen LogP contribution in [0, 0.1) is 11.3 Å². The maximum Gasteiger partial charge on any atom is 0.241 e. The topological polar surface area (TPSA) is 99.5 Å². The summed E-state index contributed by atoms with van der Waals surface area (Å²) in [6.07, 6.45) is 0.998. The first-order valence-electron chi connectivity index (χ1n) is 7.71. The number of carbonyl (C=O) groups excluding carboxylic acids is 1. The Morgan fingerprint density at radius 1 is 1.19 bits per heavy atom. The largest absolute Gasteiger partial charge is 0.497 e. The van der Waals surface area contributed by atoms with Crippen LogP contribution in [0.25, 0.3) is 0 Å². The maximum absolute atomic E-state index is 12.2. The van der Waals surface area contributed by atoms with Crippen LogP contribution in [0.3, 0.4) is 0 Å². The number of nitrogens with one attached hydrogen (secondary N) is 1. The molecule has 0 aromatic heterocycles. The summed E-state index contributed by atoms with van der Waals surface area (Å²) in [7, 11) is -2.17. The summed E-state index contributed by atoms with van der Waals surface area (Å²) in [4.78, 5) is 12.2. The summed E-state index contributed by atoms with van der Waals surface area (Å²) >= 11 is 0. The van der Waals surface area contributed by atoms with Crippen molar-refractivity contribution < 1.29 is 17.9 Å². The van der Waals surface area contributed by atoms with Crippen LogP contribution in [0.15, 0.2) is 48.5 Å². The van der Waals surface area contributed by atoms with E-state index >= 15 is 0 Å². The molecule has 0 aliphatic carbocycles. The number of benzene rings is 2. The van der Waals surface area contributed by atoms with Gasteiger partial charge in [-0.15, -0.1) is 0 Å². The van der Waals surface area contributed by atoms with Gasteiger partial charge in [0.1, 0.15) is 18.4 Å². The Hall–Kier alpha value is -3.05. The Balaban J connectivity index is 2.11. The Kier molecular flexibility index (Phi) is 6.20. The lowest BCUT2D eigenvalue weighted by atomic mass is 10.2.